The molecule has 2 nitrogen and oxygen atoms in total. The summed E-state index contributed by atoms with van der Waals surface area (Å²) in [5.41, 5.74) is 6.55. The number of piperidine rings is 1. The minimum absolute atomic E-state index is 0.306. The Morgan fingerprint density at radius 3 is 2.39 bits per heavy atom. The van der Waals surface area contributed by atoms with Crippen molar-refractivity contribution in [2.75, 3.05) is 13.1 Å². The van der Waals surface area contributed by atoms with Gasteiger partial charge in [0.1, 0.15) is 0 Å². The Bertz CT molecular complexity index is 278. The van der Waals surface area contributed by atoms with Crippen LogP contribution < -0.4 is 5.73 Å². The third kappa shape index (κ3) is 2.46. The Morgan fingerprint density at radius 2 is 1.78 bits per heavy atom. The molecule has 1 heterocycles. The molecule has 1 saturated carbocycles. The predicted octanol–water partition coefficient (Wildman–Crippen LogP) is 3.26. The second-order valence-corrected chi connectivity index (χ2v) is 7.18. The first-order chi connectivity index (χ1) is 8.50. The topological polar surface area (TPSA) is 29.3 Å². The van der Waals surface area contributed by atoms with E-state index < -0.39 is 0 Å². The number of nitrogens with two attached hydrogens (primary N) is 1. The molecule has 2 N–H and O–H groups in total. The van der Waals surface area contributed by atoms with Crippen LogP contribution in [0.5, 0.6) is 0 Å². The van der Waals surface area contributed by atoms with Gasteiger partial charge in [0.15, 0.2) is 0 Å². The van der Waals surface area contributed by atoms with Gasteiger partial charge in [-0.2, -0.15) is 0 Å². The van der Waals surface area contributed by atoms with Gasteiger partial charge >= 0.3 is 0 Å². The molecule has 1 saturated heterocycles. The summed E-state index contributed by atoms with van der Waals surface area (Å²) in [5, 5.41) is 0. The van der Waals surface area contributed by atoms with Gasteiger partial charge in [0.2, 0.25) is 0 Å². The fourth-order valence-corrected chi connectivity index (χ4v) is 4.25. The first-order valence-electron chi connectivity index (χ1n) is 7.97. The highest BCUT2D eigenvalue weighted by molar-refractivity contribution is 5.00. The zero-order chi connectivity index (χ0) is 13.3. The van der Waals surface area contributed by atoms with Crippen LogP contribution in [0.3, 0.4) is 0 Å². The normalized spacial score (nSPS) is 47.2. The quantitative estimate of drug-likeness (QED) is 0.817. The highest BCUT2D eigenvalue weighted by Gasteiger charge is 2.44. The molecule has 2 aliphatic rings. The lowest BCUT2D eigenvalue weighted by atomic mass is 9.69. The van der Waals surface area contributed by atoms with E-state index >= 15 is 0 Å². The molecule has 0 aromatic heterocycles. The third-order valence-corrected chi connectivity index (χ3v) is 6.10. The van der Waals surface area contributed by atoms with Crippen LogP contribution in [0.15, 0.2) is 0 Å². The molecule has 2 heteroatoms. The Kier molecular flexibility index (Phi) is 4.38. The molecular weight excluding hydrogens is 220 g/mol. The Hall–Kier alpha value is -0.0800. The van der Waals surface area contributed by atoms with E-state index in [2.05, 4.69) is 32.6 Å². The maximum atomic E-state index is 6.24. The third-order valence-electron chi connectivity index (χ3n) is 6.10. The predicted molar refractivity (Wildman–Crippen MR) is 78.5 cm³/mol. The van der Waals surface area contributed by atoms with Crippen molar-refractivity contribution in [1.29, 1.82) is 0 Å². The molecule has 18 heavy (non-hydrogen) atoms. The van der Waals surface area contributed by atoms with Gasteiger partial charge in [0, 0.05) is 18.1 Å². The molecule has 0 spiro atoms. The highest BCUT2D eigenvalue weighted by atomic mass is 15.2. The van der Waals surface area contributed by atoms with Crippen LogP contribution in [0, 0.1) is 17.8 Å². The van der Waals surface area contributed by atoms with Crippen LogP contribution >= 0.6 is 0 Å². The monoisotopic (exact) mass is 252 g/mol. The summed E-state index contributed by atoms with van der Waals surface area (Å²) in [6.07, 6.45) is 6.73. The molecule has 1 aliphatic heterocycles. The Balaban J connectivity index is 2.16. The van der Waals surface area contributed by atoms with E-state index in [4.69, 9.17) is 5.73 Å². The van der Waals surface area contributed by atoms with Crippen molar-refractivity contribution in [1.82, 2.24) is 4.90 Å². The minimum Gasteiger partial charge on any atom is -0.329 e. The zero-order valence-electron chi connectivity index (χ0n) is 12.8. The second-order valence-electron chi connectivity index (χ2n) is 7.18. The average molecular weight is 252 g/mol. The van der Waals surface area contributed by atoms with Crippen molar-refractivity contribution in [3.05, 3.63) is 0 Å². The van der Waals surface area contributed by atoms with Crippen molar-refractivity contribution in [3.63, 3.8) is 0 Å². The molecule has 0 bridgehead atoms. The molecule has 0 radical (unpaired) electrons. The summed E-state index contributed by atoms with van der Waals surface area (Å²) < 4.78 is 0. The maximum absolute atomic E-state index is 6.24. The van der Waals surface area contributed by atoms with Crippen LogP contribution in [0.2, 0.25) is 0 Å². The lowest BCUT2D eigenvalue weighted by Crippen LogP contribution is -2.62. The average Bonchev–Trinajstić information content (AvgIpc) is 2.36. The molecule has 2 rings (SSSR count). The Morgan fingerprint density at radius 1 is 1.06 bits per heavy atom. The molecule has 0 amide bonds. The summed E-state index contributed by atoms with van der Waals surface area (Å²) >= 11 is 0. The number of hydrogen-bond acceptors (Lipinski definition) is 2. The van der Waals surface area contributed by atoms with E-state index in [1.54, 1.807) is 0 Å². The van der Waals surface area contributed by atoms with E-state index in [9.17, 15) is 0 Å². The summed E-state index contributed by atoms with van der Waals surface area (Å²) in [6.45, 7) is 11.8. The molecule has 5 unspecified atom stereocenters. The van der Waals surface area contributed by atoms with Crippen LogP contribution in [0.25, 0.3) is 0 Å². The zero-order valence-corrected chi connectivity index (χ0v) is 12.8. The van der Waals surface area contributed by atoms with E-state index in [0.29, 0.717) is 11.6 Å². The second kappa shape index (κ2) is 5.50. The lowest BCUT2D eigenvalue weighted by molar-refractivity contribution is -0.0377. The van der Waals surface area contributed by atoms with Gasteiger partial charge in [-0.25, -0.2) is 0 Å². The fraction of sp³-hybridized carbons (Fsp3) is 1.00. The molecule has 106 valence electrons. The van der Waals surface area contributed by atoms with Gasteiger partial charge < -0.3 is 5.73 Å². The fourth-order valence-electron chi connectivity index (χ4n) is 4.25. The van der Waals surface area contributed by atoms with Gasteiger partial charge in [-0.3, -0.25) is 4.90 Å². The van der Waals surface area contributed by atoms with Crippen molar-refractivity contribution in [3.8, 4) is 0 Å². The first kappa shape index (κ1) is 14.3. The van der Waals surface area contributed by atoms with Crippen molar-refractivity contribution < 1.29 is 0 Å². The summed E-state index contributed by atoms with van der Waals surface area (Å²) in [5.74, 6) is 2.53. The molecular formula is C16H32N2. The maximum Gasteiger partial charge on any atom is 0.0337 e. The van der Waals surface area contributed by atoms with Gasteiger partial charge in [-0.1, -0.05) is 20.8 Å². The van der Waals surface area contributed by atoms with Crippen LogP contribution in [-0.4, -0.2) is 29.6 Å². The molecule has 0 aromatic rings. The molecule has 1 aliphatic carbocycles. The SMILES string of the molecule is CC1CCC(CN)(N2CCCC(C)C2C)CC1C. The van der Waals surface area contributed by atoms with Gasteiger partial charge in [-0.15, -0.1) is 0 Å². The summed E-state index contributed by atoms with van der Waals surface area (Å²) in [7, 11) is 0. The smallest absolute Gasteiger partial charge is 0.0337 e. The molecule has 5 atom stereocenters. The number of likely N-dealkylation sites (tertiary alicyclic amines) is 1. The number of rotatable bonds is 2. The van der Waals surface area contributed by atoms with E-state index in [1.165, 1.54) is 38.6 Å². The van der Waals surface area contributed by atoms with Crippen molar-refractivity contribution >= 4 is 0 Å². The standard InChI is InChI=1S/C16H32N2/c1-12-7-8-16(11-17,10-14(12)3)18-9-5-6-13(2)15(18)4/h12-15H,5-11,17H2,1-4H3. The summed E-state index contributed by atoms with van der Waals surface area (Å²) in [4.78, 5) is 2.78. The van der Waals surface area contributed by atoms with E-state index in [-0.39, 0.29) is 0 Å². The van der Waals surface area contributed by atoms with E-state index in [1.807, 2.05) is 0 Å². The van der Waals surface area contributed by atoms with Gasteiger partial charge in [0.05, 0.1) is 0 Å². The summed E-state index contributed by atoms with van der Waals surface area (Å²) in [6, 6.07) is 0.711. The Labute approximate surface area is 113 Å². The number of hydrogen-bond donors (Lipinski definition) is 1. The lowest BCUT2D eigenvalue weighted by Gasteiger charge is -2.54. The number of nitrogens with zero attached hydrogens (tertiary/aromatic N) is 1. The van der Waals surface area contributed by atoms with Crippen molar-refractivity contribution in [2.24, 2.45) is 23.5 Å². The molecule has 0 aromatic carbocycles. The highest BCUT2D eigenvalue weighted by Crippen LogP contribution is 2.42. The van der Waals surface area contributed by atoms with E-state index in [0.717, 1.165) is 24.3 Å². The largest absolute Gasteiger partial charge is 0.329 e. The van der Waals surface area contributed by atoms with Crippen LogP contribution in [-0.2, 0) is 0 Å². The van der Waals surface area contributed by atoms with Gasteiger partial charge in [-0.05, 0) is 63.3 Å². The first-order valence-corrected chi connectivity index (χ1v) is 7.97. The van der Waals surface area contributed by atoms with Crippen molar-refractivity contribution in [2.45, 2.75) is 71.4 Å². The molecule has 2 fully saturated rings. The van der Waals surface area contributed by atoms with Crippen LogP contribution in [0.1, 0.15) is 59.8 Å². The minimum atomic E-state index is 0.306. The van der Waals surface area contributed by atoms with Crippen LogP contribution in [0.4, 0.5) is 0 Å². The van der Waals surface area contributed by atoms with Gasteiger partial charge in [0.25, 0.3) is 0 Å².